The molecule has 3 nitrogen and oxygen atoms in total. The summed E-state index contributed by atoms with van der Waals surface area (Å²) in [6.07, 6.45) is 0.512. The lowest BCUT2D eigenvalue weighted by Gasteiger charge is -2.03. The molecule has 1 N–H and O–H groups in total. The van der Waals surface area contributed by atoms with Crippen molar-refractivity contribution < 1.29 is 14.7 Å². The summed E-state index contributed by atoms with van der Waals surface area (Å²) in [5.41, 5.74) is -1.01. The minimum absolute atomic E-state index is 0.0301. The van der Waals surface area contributed by atoms with Gasteiger partial charge in [-0.25, -0.2) is 0 Å². The van der Waals surface area contributed by atoms with E-state index in [0.29, 0.717) is 6.42 Å². The fourth-order valence-electron chi connectivity index (χ4n) is 1.36. The molecule has 0 aromatic carbocycles. The summed E-state index contributed by atoms with van der Waals surface area (Å²) in [7, 11) is 0. The Labute approximate surface area is 59.0 Å². The van der Waals surface area contributed by atoms with Gasteiger partial charge in [0.1, 0.15) is 11.2 Å². The molecule has 0 spiro atoms. The van der Waals surface area contributed by atoms with Gasteiger partial charge >= 0.3 is 5.97 Å². The van der Waals surface area contributed by atoms with E-state index in [1.54, 1.807) is 6.92 Å². The molecular weight excluding hydrogens is 132 g/mol. The Morgan fingerprint density at radius 1 is 1.60 bits per heavy atom. The fourth-order valence-corrected chi connectivity index (χ4v) is 1.36. The van der Waals surface area contributed by atoms with Crippen molar-refractivity contribution >= 4 is 11.8 Å². The Kier molecular flexibility index (Phi) is 1.31. The van der Waals surface area contributed by atoms with Crippen LogP contribution in [0.25, 0.3) is 0 Å². The second kappa shape index (κ2) is 1.81. The van der Waals surface area contributed by atoms with E-state index in [-0.39, 0.29) is 11.7 Å². The molecule has 1 rings (SSSR count). The topological polar surface area (TPSA) is 54.4 Å². The molecule has 3 heteroatoms. The van der Waals surface area contributed by atoms with Crippen molar-refractivity contribution in [2.24, 2.45) is 11.3 Å². The highest BCUT2D eigenvalue weighted by atomic mass is 16.4. The van der Waals surface area contributed by atoms with Crippen molar-refractivity contribution in [1.82, 2.24) is 0 Å². The molecule has 0 aromatic heterocycles. The number of carbonyl (C=O) groups is 2. The first-order valence-corrected chi connectivity index (χ1v) is 3.26. The Balaban J connectivity index is 2.83. The standard InChI is InChI=1S/C7H10O3/c1-4-3-7(4,5(2)8)6(9)10/h4H,3H2,1-2H3,(H,9,10)/t4-,7-/m1/s1. The van der Waals surface area contributed by atoms with E-state index < -0.39 is 11.4 Å². The number of aliphatic carboxylic acids is 1. The summed E-state index contributed by atoms with van der Waals surface area (Å²) in [4.78, 5) is 21.3. The van der Waals surface area contributed by atoms with Crippen molar-refractivity contribution in [2.45, 2.75) is 20.3 Å². The first kappa shape index (κ1) is 7.25. The first-order chi connectivity index (χ1) is 4.51. The van der Waals surface area contributed by atoms with Crippen LogP contribution in [0.15, 0.2) is 0 Å². The molecule has 2 atom stereocenters. The molecule has 0 saturated heterocycles. The van der Waals surface area contributed by atoms with E-state index in [9.17, 15) is 9.59 Å². The van der Waals surface area contributed by atoms with Gasteiger partial charge in [0.05, 0.1) is 0 Å². The van der Waals surface area contributed by atoms with Gasteiger partial charge < -0.3 is 5.11 Å². The monoisotopic (exact) mass is 142 g/mol. The van der Waals surface area contributed by atoms with E-state index in [1.165, 1.54) is 6.92 Å². The second-order valence-electron chi connectivity index (χ2n) is 2.94. The molecular formula is C7H10O3. The van der Waals surface area contributed by atoms with Crippen LogP contribution in [0.1, 0.15) is 20.3 Å². The van der Waals surface area contributed by atoms with Crippen LogP contribution in [0.2, 0.25) is 0 Å². The van der Waals surface area contributed by atoms with Gasteiger partial charge in [0, 0.05) is 0 Å². The summed E-state index contributed by atoms with van der Waals surface area (Å²) in [6, 6.07) is 0. The van der Waals surface area contributed by atoms with Crippen molar-refractivity contribution in [3.8, 4) is 0 Å². The highest BCUT2D eigenvalue weighted by molar-refractivity contribution is 6.05. The van der Waals surface area contributed by atoms with Crippen LogP contribution < -0.4 is 0 Å². The van der Waals surface area contributed by atoms with Crippen molar-refractivity contribution in [3.63, 3.8) is 0 Å². The predicted octanol–water partition coefficient (Wildman–Crippen LogP) is 0.686. The Morgan fingerprint density at radius 2 is 2.00 bits per heavy atom. The number of ketones is 1. The molecule has 1 saturated carbocycles. The van der Waals surface area contributed by atoms with Crippen LogP contribution in [0.5, 0.6) is 0 Å². The predicted molar refractivity (Wildman–Crippen MR) is 34.5 cm³/mol. The molecule has 1 aliphatic rings. The molecule has 0 radical (unpaired) electrons. The number of rotatable bonds is 2. The van der Waals surface area contributed by atoms with Crippen molar-refractivity contribution in [1.29, 1.82) is 0 Å². The Hall–Kier alpha value is -0.860. The number of hydrogen-bond acceptors (Lipinski definition) is 2. The maximum absolute atomic E-state index is 10.8. The molecule has 0 aliphatic heterocycles. The maximum Gasteiger partial charge on any atom is 0.317 e. The van der Waals surface area contributed by atoms with E-state index in [0.717, 1.165) is 0 Å². The van der Waals surface area contributed by atoms with E-state index in [4.69, 9.17) is 5.11 Å². The Morgan fingerprint density at radius 3 is 2.00 bits per heavy atom. The van der Waals surface area contributed by atoms with Gasteiger partial charge in [-0.2, -0.15) is 0 Å². The van der Waals surface area contributed by atoms with Gasteiger partial charge in [-0.05, 0) is 19.3 Å². The number of carboxylic acid groups (broad SMARTS) is 1. The number of carboxylic acids is 1. The third kappa shape index (κ3) is 0.664. The third-order valence-corrected chi connectivity index (χ3v) is 2.32. The van der Waals surface area contributed by atoms with Crippen LogP contribution in [-0.4, -0.2) is 16.9 Å². The first-order valence-electron chi connectivity index (χ1n) is 3.26. The summed E-state index contributed by atoms with van der Waals surface area (Å²) < 4.78 is 0. The summed E-state index contributed by atoms with van der Waals surface area (Å²) in [5, 5.41) is 8.62. The van der Waals surface area contributed by atoms with Crippen molar-refractivity contribution in [2.75, 3.05) is 0 Å². The lowest BCUT2D eigenvalue weighted by Crippen LogP contribution is -2.24. The average molecular weight is 142 g/mol. The molecule has 56 valence electrons. The molecule has 1 aliphatic carbocycles. The zero-order valence-electron chi connectivity index (χ0n) is 6.05. The normalized spacial score (nSPS) is 37.2. The number of carbonyl (C=O) groups excluding carboxylic acids is 1. The highest BCUT2D eigenvalue weighted by Gasteiger charge is 2.61. The minimum atomic E-state index is -1.01. The molecule has 10 heavy (non-hydrogen) atoms. The average Bonchev–Trinajstić information content (AvgIpc) is 2.42. The Bertz CT molecular complexity index is 181. The van der Waals surface area contributed by atoms with Crippen molar-refractivity contribution in [3.05, 3.63) is 0 Å². The van der Waals surface area contributed by atoms with Crippen LogP contribution in [0.3, 0.4) is 0 Å². The molecule has 0 aromatic rings. The zero-order valence-corrected chi connectivity index (χ0v) is 6.05. The van der Waals surface area contributed by atoms with Gasteiger partial charge in [-0.15, -0.1) is 0 Å². The molecule has 0 bridgehead atoms. The highest BCUT2D eigenvalue weighted by Crippen LogP contribution is 2.52. The number of hydrogen-bond donors (Lipinski definition) is 1. The van der Waals surface area contributed by atoms with Gasteiger partial charge in [-0.1, -0.05) is 6.92 Å². The summed E-state index contributed by atoms with van der Waals surface area (Å²) >= 11 is 0. The van der Waals surface area contributed by atoms with Gasteiger partial charge in [0.25, 0.3) is 0 Å². The summed E-state index contributed by atoms with van der Waals surface area (Å²) in [5.74, 6) is -1.15. The summed E-state index contributed by atoms with van der Waals surface area (Å²) in [6.45, 7) is 3.13. The van der Waals surface area contributed by atoms with Crippen LogP contribution >= 0.6 is 0 Å². The van der Waals surface area contributed by atoms with Gasteiger partial charge in [0.2, 0.25) is 0 Å². The van der Waals surface area contributed by atoms with Crippen LogP contribution in [-0.2, 0) is 9.59 Å². The smallest absolute Gasteiger partial charge is 0.317 e. The third-order valence-electron chi connectivity index (χ3n) is 2.32. The molecule has 0 unspecified atom stereocenters. The minimum Gasteiger partial charge on any atom is -0.480 e. The lowest BCUT2D eigenvalue weighted by molar-refractivity contribution is -0.148. The van der Waals surface area contributed by atoms with E-state index in [1.807, 2.05) is 0 Å². The number of Topliss-reactive ketones (excluding diaryl/α,β-unsaturated/α-hetero) is 1. The molecule has 0 heterocycles. The molecule has 1 fully saturated rings. The molecule has 0 amide bonds. The largest absolute Gasteiger partial charge is 0.480 e. The fraction of sp³-hybridized carbons (Fsp3) is 0.714. The van der Waals surface area contributed by atoms with Gasteiger partial charge in [0.15, 0.2) is 0 Å². The zero-order chi connectivity index (χ0) is 7.94. The van der Waals surface area contributed by atoms with Crippen LogP contribution in [0, 0.1) is 11.3 Å². The SMILES string of the molecule is CC(=O)[C@@]1(C(=O)O)C[C@H]1C. The quantitative estimate of drug-likeness (QED) is 0.577. The van der Waals surface area contributed by atoms with E-state index >= 15 is 0 Å². The second-order valence-corrected chi connectivity index (χ2v) is 2.94. The lowest BCUT2D eigenvalue weighted by atomic mass is 10.0. The maximum atomic E-state index is 10.8. The van der Waals surface area contributed by atoms with Crippen LogP contribution in [0.4, 0.5) is 0 Å². The van der Waals surface area contributed by atoms with E-state index in [2.05, 4.69) is 0 Å². The van der Waals surface area contributed by atoms with Gasteiger partial charge in [-0.3, -0.25) is 9.59 Å².